The molecule has 0 atom stereocenters. The molecule has 0 saturated heterocycles. The molecular weight excluding hydrogens is 288 g/mol. The summed E-state index contributed by atoms with van der Waals surface area (Å²) in [5.41, 5.74) is 0.810. The zero-order chi connectivity index (χ0) is 12.7. The SMILES string of the molecule is CC(=O)c1c2ccccc2c(Br)c2ccccc12. The van der Waals surface area contributed by atoms with Crippen LogP contribution in [0.25, 0.3) is 21.5 Å². The molecule has 0 unspecified atom stereocenters. The minimum atomic E-state index is 0.106. The van der Waals surface area contributed by atoms with Gasteiger partial charge in [-0.25, -0.2) is 0 Å². The van der Waals surface area contributed by atoms with Crippen molar-refractivity contribution in [2.75, 3.05) is 0 Å². The van der Waals surface area contributed by atoms with E-state index in [2.05, 4.69) is 15.9 Å². The van der Waals surface area contributed by atoms with Crippen LogP contribution in [-0.4, -0.2) is 5.78 Å². The number of ketones is 1. The third-order valence-electron chi connectivity index (χ3n) is 3.22. The summed E-state index contributed by atoms with van der Waals surface area (Å²) in [4.78, 5) is 12.0. The lowest BCUT2D eigenvalue weighted by atomic mass is 9.95. The van der Waals surface area contributed by atoms with Crippen LogP contribution in [-0.2, 0) is 0 Å². The number of hydrogen-bond acceptors (Lipinski definition) is 1. The summed E-state index contributed by atoms with van der Waals surface area (Å²) in [6.45, 7) is 1.63. The summed E-state index contributed by atoms with van der Waals surface area (Å²) in [5, 5.41) is 4.19. The van der Waals surface area contributed by atoms with Crippen LogP contribution in [0, 0.1) is 0 Å². The van der Waals surface area contributed by atoms with E-state index in [1.54, 1.807) is 6.92 Å². The van der Waals surface area contributed by atoms with Gasteiger partial charge >= 0.3 is 0 Å². The molecule has 3 aromatic rings. The van der Waals surface area contributed by atoms with E-state index in [-0.39, 0.29) is 5.78 Å². The smallest absolute Gasteiger partial charge is 0.161 e. The Labute approximate surface area is 114 Å². The van der Waals surface area contributed by atoms with Crippen molar-refractivity contribution in [1.29, 1.82) is 0 Å². The minimum Gasteiger partial charge on any atom is -0.294 e. The van der Waals surface area contributed by atoms with Crippen LogP contribution >= 0.6 is 15.9 Å². The monoisotopic (exact) mass is 298 g/mol. The molecule has 0 fully saturated rings. The Morgan fingerprint density at radius 2 is 1.22 bits per heavy atom. The van der Waals surface area contributed by atoms with Crippen molar-refractivity contribution in [3.05, 3.63) is 58.6 Å². The fourth-order valence-electron chi connectivity index (χ4n) is 2.45. The predicted octanol–water partition coefficient (Wildman–Crippen LogP) is 4.96. The van der Waals surface area contributed by atoms with Crippen LogP contribution in [0.3, 0.4) is 0 Å². The third kappa shape index (κ3) is 1.57. The van der Waals surface area contributed by atoms with Gasteiger partial charge in [-0.3, -0.25) is 4.79 Å². The topological polar surface area (TPSA) is 17.1 Å². The largest absolute Gasteiger partial charge is 0.294 e. The molecule has 3 rings (SSSR count). The summed E-state index contributed by atoms with van der Waals surface area (Å²) in [7, 11) is 0. The summed E-state index contributed by atoms with van der Waals surface area (Å²) < 4.78 is 1.05. The van der Waals surface area contributed by atoms with E-state index in [0.717, 1.165) is 31.6 Å². The van der Waals surface area contributed by atoms with Gasteiger partial charge in [0, 0.05) is 10.0 Å². The van der Waals surface area contributed by atoms with E-state index in [1.165, 1.54) is 0 Å². The van der Waals surface area contributed by atoms with E-state index in [0.29, 0.717) is 0 Å². The standard InChI is InChI=1S/C16H11BrO/c1-10(18)15-11-6-2-4-8-13(11)16(17)14-9-5-3-7-12(14)15/h2-9H,1H3. The number of halogens is 1. The Kier molecular flexibility index (Phi) is 2.67. The van der Waals surface area contributed by atoms with Crippen molar-refractivity contribution < 1.29 is 4.79 Å². The van der Waals surface area contributed by atoms with Gasteiger partial charge < -0.3 is 0 Å². The normalized spacial score (nSPS) is 11.0. The Balaban J connectivity index is 2.67. The first-order chi connectivity index (χ1) is 8.70. The molecular formula is C16H11BrO. The molecule has 18 heavy (non-hydrogen) atoms. The average Bonchev–Trinajstić information content (AvgIpc) is 2.39. The highest BCUT2D eigenvalue weighted by molar-refractivity contribution is 9.10. The van der Waals surface area contributed by atoms with Crippen LogP contribution in [0.1, 0.15) is 17.3 Å². The highest BCUT2D eigenvalue weighted by Gasteiger charge is 2.14. The van der Waals surface area contributed by atoms with Crippen molar-refractivity contribution in [1.82, 2.24) is 0 Å². The molecule has 0 bridgehead atoms. The summed E-state index contributed by atoms with van der Waals surface area (Å²) >= 11 is 3.65. The van der Waals surface area contributed by atoms with E-state index in [1.807, 2.05) is 48.5 Å². The lowest BCUT2D eigenvalue weighted by molar-refractivity contribution is 0.102. The Bertz CT molecular complexity index is 717. The van der Waals surface area contributed by atoms with Crippen molar-refractivity contribution >= 4 is 43.3 Å². The first-order valence-corrected chi connectivity index (χ1v) is 6.59. The number of carbonyl (C=O) groups is 1. The number of hydrogen-bond donors (Lipinski definition) is 0. The molecule has 3 aromatic carbocycles. The first-order valence-electron chi connectivity index (χ1n) is 5.80. The zero-order valence-corrected chi connectivity index (χ0v) is 11.5. The highest BCUT2D eigenvalue weighted by atomic mass is 79.9. The lowest BCUT2D eigenvalue weighted by Gasteiger charge is -2.11. The average molecular weight is 299 g/mol. The molecule has 0 heterocycles. The van der Waals surface area contributed by atoms with Gasteiger partial charge in [0.15, 0.2) is 5.78 Å². The van der Waals surface area contributed by atoms with Crippen LogP contribution in [0.2, 0.25) is 0 Å². The molecule has 0 aliphatic carbocycles. The Morgan fingerprint density at radius 3 is 1.61 bits per heavy atom. The van der Waals surface area contributed by atoms with Gasteiger partial charge in [-0.15, -0.1) is 0 Å². The van der Waals surface area contributed by atoms with Gasteiger partial charge in [0.25, 0.3) is 0 Å². The highest BCUT2D eigenvalue weighted by Crippen LogP contribution is 2.36. The van der Waals surface area contributed by atoms with Crippen molar-refractivity contribution in [3.63, 3.8) is 0 Å². The van der Waals surface area contributed by atoms with E-state index in [9.17, 15) is 4.79 Å². The van der Waals surface area contributed by atoms with Gasteiger partial charge in [0.05, 0.1) is 0 Å². The maximum atomic E-state index is 12.0. The zero-order valence-electron chi connectivity index (χ0n) is 9.91. The maximum absolute atomic E-state index is 12.0. The fourth-order valence-corrected chi connectivity index (χ4v) is 3.15. The van der Waals surface area contributed by atoms with Crippen molar-refractivity contribution in [2.45, 2.75) is 6.92 Å². The van der Waals surface area contributed by atoms with Gasteiger partial charge in [-0.1, -0.05) is 48.5 Å². The molecule has 0 spiro atoms. The van der Waals surface area contributed by atoms with Gasteiger partial charge in [0.2, 0.25) is 0 Å². The molecule has 1 nitrogen and oxygen atoms in total. The van der Waals surface area contributed by atoms with E-state index in [4.69, 9.17) is 0 Å². The van der Waals surface area contributed by atoms with E-state index < -0.39 is 0 Å². The second-order valence-electron chi connectivity index (χ2n) is 4.34. The number of fused-ring (bicyclic) bond motifs is 2. The second-order valence-corrected chi connectivity index (χ2v) is 5.13. The Morgan fingerprint density at radius 1 is 0.833 bits per heavy atom. The summed E-state index contributed by atoms with van der Waals surface area (Å²) in [6.07, 6.45) is 0. The van der Waals surface area contributed by atoms with Crippen LogP contribution in [0.5, 0.6) is 0 Å². The first kappa shape index (κ1) is 11.4. The molecule has 0 aliphatic heterocycles. The number of carbonyl (C=O) groups excluding carboxylic acids is 1. The molecule has 0 radical (unpaired) electrons. The molecule has 0 aliphatic rings. The molecule has 2 heteroatoms. The molecule has 0 amide bonds. The molecule has 0 aromatic heterocycles. The van der Waals surface area contributed by atoms with Gasteiger partial charge in [0.1, 0.15) is 0 Å². The lowest BCUT2D eigenvalue weighted by Crippen LogP contribution is -1.96. The van der Waals surface area contributed by atoms with Crippen LogP contribution in [0.15, 0.2) is 53.0 Å². The maximum Gasteiger partial charge on any atom is 0.161 e. The van der Waals surface area contributed by atoms with E-state index >= 15 is 0 Å². The summed E-state index contributed by atoms with van der Waals surface area (Å²) in [5.74, 6) is 0.106. The number of benzene rings is 3. The number of rotatable bonds is 1. The van der Waals surface area contributed by atoms with Crippen molar-refractivity contribution in [2.24, 2.45) is 0 Å². The fraction of sp³-hybridized carbons (Fsp3) is 0.0625. The second kappa shape index (κ2) is 4.21. The molecule has 88 valence electrons. The van der Waals surface area contributed by atoms with Crippen molar-refractivity contribution in [3.8, 4) is 0 Å². The van der Waals surface area contributed by atoms with Gasteiger partial charge in [-0.2, -0.15) is 0 Å². The summed E-state index contributed by atoms with van der Waals surface area (Å²) in [6, 6.07) is 16.0. The Hall–Kier alpha value is -1.67. The van der Waals surface area contributed by atoms with Crippen LogP contribution < -0.4 is 0 Å². The van der Waals surface area contributed by atoms with Gasteiger partial charge in [-0.05, 0) is 44.4 Å². The number of Topliss-reactive ketones (excluding diaryl/α,β-unsaturated/α-hetero) is 1. The minimum absolute atomic E-state index is 0.106. The third-order valence-corrected chi connectivity index (χ3v) is 4.07. The van der Waals surface area contributed by atoms with Crippen LogP contribution in [0.4, 0.5) is 0 Å². The predicted molar refractivity (Wildman–Crippen MR) is 79.2 cm³/mol. The quantitative estimate of drug-likeness (QED) is 0.458. The molecule has 0 saturated carbocycles. The molecule has 0 N–H and O–H groups in total.